The summed E-state index contributed by atoms with van der Waals surface area (Å²) in [5.41, 5.74) is 1.35. The van der Waals surface area contributed by atoms with Gasteiger partial charge in [-0.25, -0.2) is 0 Å². The maximum Gasteiger partial charge on any atom is 0.0546 e. The van der Waals surface area contributed by atoms with E-state index in [1.54, 1.807) is 0 Å². The normalized spacial score (nSPS) is 31.7. The standard InChI is InChI=1S/C17H24O/c18-17(9-7-13-4-2-1-3-5-13)12-16-11-14-6-8-15(16)10-14/h1-5,14-18H,6-12H2. The first-order valence-electron chi connectivity index (χ1n) is 7.53. The van der Waals surface area contributed by atoms with Gasteiger partial charge in [0, 0.05) is 0 Å². The van der Waals surface area contributed by atoms with Gasteiger partial charge in [-0.3, -0.25) is 0 Å². The van der Waals surface area contributed by atoms with E-state index < -0.39 is 0 Å². The van der Waals surface area contributed by atoms with E-state index in [1.807, 2.05) is 0 Å². The maximum absolute atomic E-state index is 10.2. The molecule has 4 unspecified atom stereocenters. The van der Waals surface area contributed by atoms with E-state index in [0.717, 1.165) is 37.0 Å². The molecule has 0 heterocycles. The van der Waals surface area contributed by atoms with Crippen molar-refractivity contribution in [1.82, 2.24) is 0 Å². The fourth-order valence-electron chi connectivity index (χ4n) is 4.11. The Balaban J connectivity index is 1.43. The molecular formula is C17H24O. The van der Waals surface area contributed by atoms with Gasteiger partial charge >= 0.3 is 0 Å². The van der Waals surface area contributed by atoms with Crippen LogP contribution < -0.4 is 0 Å². The predicted octanol–water partition coefficient (Wildman–Crippen LogP) is 3.81. The quantitative estimate of drug-likeness (QED) is 0.835. The molecule has 0 aliphatic heterocycles. The van der Waals surface area contributed by atoms with Crippen molar-refractivity contribution in [3.63, 3.8) is 0 Å². The molecule has 4 atom stereocenters. The lowest BCUT2D eigenvalue weighted by atomic mass is 9.84. The molecule has 2 bridgehead atoms. The SMILES string of the molecule is OC(CCc1ccccc1)CC1CC2CCC1C2. The predicted molar refractivity (Wildman–Crippen MR) is 74.3 cm³/mol. The summed E-state index contributed by atoms with van der Waals surface area (Å²) < 4.78 is 0. The van der Waals surface area contributed by atoms with Crippen molar-refractivity contribution in [3.8, 4) is 0 Å². The second-order valence-corrected chi connectivity index (χ2v) is 6.35. The van der Waals surface area contributed by atoms with Crippen molar-refractivity contribution in [1.29, 1.82) is 0 Å². The molecule has 0 spiro atoms. The molecule has 3 rings (SSSR count). The van der Waals surface area contributed by atoms with Crippen LogP contribution in [0.2, 0.25) is 0 Å². The van der Waals surface area contributed by atoms with Crippen LogP contribution in [0.25, 0.3) is 0 Å². The molecule has 0 aromatic heterocycles. The highest BCUT2D eigenvalue weighted by atomic mass is 16.3. The lowest BCUT2D eigenvalue weighted by Crippen LogP contribution is -2.19. The molecule has 0 saturated heterocycles. The van der Waals surface area contributed by atoms with E-state index >= 15 is 0 Å². The van der Waals surface area contributed by atoms with E-state index in [-0.39, 0.29) is 6.10 Å². The summed E-state index contributed by atoms with van der Waals surface area (Å²) in [5, 5.41) is 10.2. The van der Waals surface area contributed by atoms with Gasteiger partial charge in [-0.05, 0) is 61.8 Å². The van der Waals surface area contributed by atoms with Crippen LogP contribution in [0, 0.1) is 17.8 Å². The van der Waals surface area contributed by atoms with E-state index in [1.165, 1.54) is 31.2 Å². The number of hydrogen-bond donors (Lipinski definition) is 1. The Labute approximate surface area is 110 Å². The minimum Gasteiger partial charge on any atom is -0.393 e. The van der Waals surface area contributed by atoms with Crippen LogP contribution >= 0.6 is 0 Å². The molecule has 1 aromatic rings. The van der Waals surface area contributed by atoms with Crippen molar-refractivity contribution in [2.24, 2.45) is 17.8 Å². The smallest absolute Gasteiger partial charge is 0.0546 e. The molecular weight excluding hydrogens is 220 g/mol. The van der Waals surface area contributed by atoms with Gasteiger partial charge in [0.25, 0.3) is 0 Å². The largest absolute Gasteiger partial charge is 0.393 e. The summed E-state index contributed by atoms with van der Waals surface area (Å²) in [6.07, 6.45) is 8.65. The summed E-state index contributed by atoms with van der Waals surface area (Å²) in [7, 11) is 0. The average molecular weight is 244 g/mol. The summed E-state index contributed by atoms with van der Waals surface area (Å²) >= 11 is 0. The van der Waals surface area contributed by atoms with Gasteiger partial charge in [-0.15, -0.1) is 0 Å². The van der Waals surface area contributed by atoms with Crippen LogP contribution in [0.1, 0.15) is 44.1 Å². The molecule has 0 radical (unpaired) electrons. The monoisotopic (exact) mass is 244 g/mol. The average Bonchev–Trinajstić information content (AvgIpc) is 3.00. The van der Waals surface area contributed by atoms with Crippen molar-refractivity contribution < 1.29 is 5.11 Å². The number of rotatable bonds is 5. The summed E-state index contributed by atoms with van der Waals surface area (Å²) in [5.74, 6) is 2.78. The molecule has 1 nitrogen and oxygen atoms in total. The Morgan fingerprint density at radius 3 is 2.61 bits per heavy atom. The highest BCUT2D eigenvalue weighted by Crippen LogP contribution is 2.50. The van der Waals surface area contributed by atoms with Crippen molar-refractivity contribution in [2.75, 3.05) is 0 Å². The van der Waals surface area contributed by atoms with Crippen LogP contribution in [-0.4, -0.2) is 11.2 Å². The Hall–Kier alpha value is -0.820. The number of aliphatic hydroxyl groups is 1. The summed E-state index contributed by atoms with van der Waals surface area (Å²) in [6, 6.07) is 10.5. The van der Waals surface area contributed by atoms with Crippen LogP contribution in [0.4, 0.5) is 0 Å². The summed E-state index contributed by atoms with van der Waals surface area (Å²) in [6.45, 7) is 0. The van der Waals surface area contributed by atoms with Gasteiger partial charge in [0.15, 0.2) is 0 Å². The second-order valence-electron chi connectivity index (χ2n) is 6.35. The van der Waals surface area contributed by atoms with E-state index in [0.29, 0.717) is 0 Å². The van der Waals surface area contributed by atoms with Gasteiger partial charge < -0.3 is 5.11 Å². The highest BCUT2D eigenvalue weighted by Gasteiger charge is 2.39. The fraction of sp³-hybridized carbons (Fsp3) is 0.647. The molecule has 2 aliphatic rings. The minimum atomic E-state index is -0.0884. The van der Waals surface area contributed by atoms with Crippen molar-refractivity contribution >= 4 is 0 Å². The molecule has 0 amide bonds. The molecule has 98 valence electrons. The molecule has 1 heteroatoms. The lowest BCUT2D eigenvalue weighted by molar-refractivity contribution is 0.117. The first-order chi connectivity index (χ1) is 8.81. The van der Waals surface area contributed by atoms with E-state index in [9.17, 15) is 5.11 Å². The zero-order chi connectivity index (χ0) is 12.4. The molecule has 2 fully saturated rings. The molecule has 18 heavy (non-hydrogen) atoms. The zero-order valence-corrected chi connectivity index (χ0v) is 11.1. The fourth-order valence-corrected chi connectivity index (χ4v) is 4.11. The minimum absolute atomic E-state index is 0.0884. The third-order valence-electron chi connectivity index (χ3n) is 5.07. The molecule has 1 aromatic carbocycles. The number of aryl methyl sites for hydroxylation is 1. The highest BCUT2D eigenvalue weighted by molar-refractivity contribution is 5.14. The van der Waals surface area contributed by atoms with Crippen LogP contribution in [0.15, 0.2) is 30.3 Å². The molecule has 2 saturated carbocycles. The van der Waals surface area contributed by atoms with Crippen LogP contribution in [-0.2, 0) is 6.42 Å². The molecule has 2 aliphatic carbocycles. The number of aliphatic hydroxyl groups excluding tert-OH is 1. The Bertz CT molecular complexity index is 372. The van der Waals surface area contributed by atoms with Gasteiger partial charge in [0.05, 0.1) is 6.10 Å². The first kappa shape index (κ1) is 12.2. The third-order valence-corrected chi connectivity index (χ3v) is 5.07. The Morgan fingerprint density at radius 1 is 1.11 bits per heavy atom. The number of fused-ring (bicyclic) bond motifs is 2. The topological polar surface area (TPSA) is 20.2 Å². The Morgan fingerprint density at radius 2 is 1.94 bits per heavy atom. The number of hydrogen-bond acceptors (Lipinski definition) is 1. The Kier molecular flexibility index (Phi) is 3.69. The maximum atomic E-state index is 10.2. The summed E-state index contributed by atoms with van der Waals surface area (Å²) in [4.78, 5) is 0. The van der Waals surface area contributed by atoms with Gasteiger partial charge in [-0.2, -0.15) is 0 Å². The van der Waals surface area contributed by atoms with Crippen LogP contribution in [0.3, 0.4) is 0 Å². The van der Waals surface area contributed by atoms with E-state index in [4.69, 9.17) is 0 Å². The third kappa shape index (κ3) is 2.77. The van der Waals surface area contributed by atoms with Gasteiger partial charge in [-0.1, -0.05) is 36.8 Å². The van der Waals surface area contributed by atoms with Crippen LogP contribution in [0.5, 0.6) is 0 Å². The van der Waals surface area contributed by atoms with Gasteiger partial charge in [0.1, 0.15) is 0 Å². The second kappa shape index (κ2) is 5.44. The van der Waals surface area contributed by atoms with Gasteiger partial charge in [0.2, 0.25) is 0 Å². The molecule has 1 N–H and O–H groups in total. The zero-order valence-electron chi connectivity index (χ0n) is 11.1. The van der Waals surface area contributed by atoms with Crippen molar-refractivity contribution in [2.45, 2.75) is 51.0 Å². The van der Waals surface area contributed by atoms with E-state index in [2.05, 4.69) is 30.3 Å². The first-order valence-corrected chi connectivity index (χ1v) is 7.53. The number of benzene rings is 1. The van der Waals surface area contributed by atoms with Crippen molar-refractivity contribution in [3.05, 3.63) is 35.9 Å². The lowest BCUT2D eigenvalue weighted by Gasteiger charge is -2.24.